The van der Waals surface area contributed by atoms with E-state index in [1.54, 1.807) is 13.8 Å². The molecule has 0 amide bonds. The van der Waals surface area contributed by atoms with Gasteiger partial charge in [0.15, 0.2) is 5.82 Å². The molecule has 12 heteroatoms. The van der Waals surface area contributed by atoms with E-state index in [0.29, 0.717) is 36.6 Å². The van der Waals surface area contributed by atoms with Crippen LogP contribution in [0.3, 0.4) is 0 Å². The molecule has 2 aliphatic rings. The first-order valence-corrected chi connectivity index (χ1v) is 15.8. The Morgan fingerprint density at radius 1 is 1.07 bits per heavy atom. The van der Waals surface area contributed by atoms with Gasteiger partial charge in [-0.1, -0.05) is 72.2 Å². The van der Waals surface area contributed by atoms with Crippen molar-refractivity contribution in [3.63, 3.8) is 0 Å². The molecule has 238 valence electrons. The van der Waals surface area contributed by atoms with Gasteiger partial charge in [-0.15, -0.1) is 0 Å². The Kier molecular flexibility index (Phi) is 7.47. The van der Waals surface area contributed by atoms with Gasteiger partial charge in [0.2, 0.25) is 5.78 Å². The summed E-state index contributed by atoms with van der Waals surface area (Å²) in [4.78, 5) is 39.1. The molecule has 3 aromatic heterocycles. The van der Waals surface area contributed by atoms with Gasteiger partial charge in [0.1, 0.15) is 17.5 Å². The highest BCUT2D eigenvalue weighted by Gasteiger charge is 2.46. The lowest BCUT2D eigenvalue weighted by molar-refractivity contribution is -0.0528. The molecule has 2 aromatic carbocycles. The molecule has 0 radical (unpaired) electrons. The highest BCUT2D eigenvalue weighted by molar-refractivity contribution is 5.93. The minimum absolute atomic E-state index is 0.0323. The molecule has 0 bridgehead atoms. The monoisotopic (exact) mass is 623 g/mol. The summed E-state index contributed by atoms with van der Waals surface area (Å²) in [6.45, 7) is 5.56. The Balaban J connectivity index is 1.19. The van der Waals surface area contributed by atoms with E-state index in [1.165, 1.54) is 6.33 Å². The zero-order valence-corrected chi connectivity index (χ0v) is 26.2. The molecule has 46 heavy (non-hydrogen) atoms. The van der Waals surface area contributed by atoms with Crippen LogP contribution in [-0.2, 0) is 17.7 Å². The number of aliphatic hydroxyl groups is 1. The maximum Gasteiger partial charge on any atom is 0.439 e. The minimum atomic E-state index is -1.02. The van der Waals surface area contributed by atoms with E-state index in [0.717, 1.165) is 65.6 Å². The van der Waals surface area contributed by atoms with Gasteiger partial charge in [-0.3, -0.25) is 18.9 Å². The Hall–Kier alpha value is -4.84. The summed E-state index contributed by atoms with van der Waals surface area (Å²) in [6, 6.07) is 15.7. The zero-order valence-electron chi connectivity index (χ0n) is 26.2. The zero-order chi connectivity index (χ0) is 32.1. The molecule has 12 nitrogen and oxygen atoms in total. The molecule has 0 atom stereocenters. The van der Waals surface area contributed by atoms with E-state index in [1.807, 2.05) is 57.6 Å². The van der Waals surface area contributed by atoms with Crippen LogP contribution in [0.2, 0.25) is 0 Å². The smallest absolute Gasteiger partial charge is 0.389 e. The first-order valence-electron chi connectivity index (χ1n) is 15.8. The first kappa shape index (κ1) is 29.8. The van der Waals surface area contributed by atoms with Crippen LogP contribution in [0, 0.1) is 0 Å². The number of nitrogens with one attached hydrogen (secondary N) is 1. The maximum absolute atomic E-state index is 14.4. The van der Waals surface area contributed by atoms with Gasteiger partial charge >= 0.3 is 5.76 Å². The second-order valence-corrected chi connectivity index (χ2v) is 13.0. The normalized spacial score (nSPS) is 19.9. The van der Waals surface area contributed by atoms with E-state index in [9.17, 15) is 14.7 Å². The Labute approximate surface area is 264 Å². The average molecular weight is 624 g/mol. The first-order chi connectivity index (χ1) is 22.2. The largest absolute Gasteiger partial charge is 0.439 e. The molecule has 1 fully saturated rings. The van der Waals surface area contributed by atoms with Crippen LogP contribution >= 0.6 is 0 Å². The number of hydrogen-bond acceptors (Lipinski definition) is 9. The van der Waals surface area contributed by atoms with Crippen molar-refractivity contribution >= 4 is 11.5 Å². The van der Waals surface area contributed by atoms with Crippen molar-refractivity contribution in [2.45, 2.75) is 89.4 Å². The lowest BCUT2D eigenvalue weighted by Crippen LogP contribution is -2.41. The predicted octanol–water partition coefficient (Wildman–Crippen LogP) is 4.85. The minimum Gasteiger partial charge on any atom is -0.389 e. The van der Waals surface area contributed by atoms with E-state index in [2.05, 4.69) is 32.3 Å². The maximum atomic E-state index is 14.4. The Morgan fingerprint density at radius 3 is 2.46 bits per heavy atom. The molecule has 0 saturated heterocycles. The standard InChI is InChI=1S/C34H37N7O5/c1-4-7-27-26(18-21-10-12-22(13-11-21)24-8-5-6-9-25(24)29-37-32(43)45-39-29)30(42)40(31-35-20-36-41(27)31)23-14-16-34(17-15-23)19-28(38-46-34)33(2,3)44/h5-6,8-13,20,23,44H,4,7,14-19H2,1-3H3,(H,37,39,43). The van der Waals surface area contributed by atoms with Gasteiger partial charge in [-0.25, -0.2) is 9.31 Å². The van der Waals surface area contributed by atoms with Crippen LogP contribution in [-0.4, -0.2) is 51.3 Å². The van der Waals surface area contributed by atoms with Crippen molar-refractivity contribution in [2.24, 2.45) is 5.16 Å². The third-order valence-corrected chi connectivity index (χ3v) is 9.36. The molecule has 1 aliphatic heterocycles. The molecule has 5 aromatic rings. The predicted molar refractivity (Wildman–Crippen MR) is 172 cm³/mol. The van der Waals surface area contributed by atoms with E-state index in [-0.39, 0.29) is 11.6 Å². The molecule has 2 N–H and O–H groups in total. The van der Waals surface area contributed by atoms with Crippen molar-refractivity contribution in [3.8, 4) is 22.5 Å². The van der Waals surface area contributed by atoms with Gasteiger partial charge < -0.3 is 9.94 Å². The summed E-state index contributed by atoms with van der Waals surface area (Å²) < 4.78 is 8.41. The van der Waals surface area contributed by atoms with Crippen molar-refractivity contribution in [1.29, 1.82) is 0 Å². The van der Waals surface area contributed by atoms with Gasteiger partial charge in [0.05, 0.1) is 11.4 Å². The third kappa shape index (κ3) is 5.36. The summed E-state index contributed by atoms with van der Waals surface area (Å²) in [6.07, 6.45) is 7.04. The third-order valence-electron chi connectivity index (χ3n) is 9.36. The van der Waals surface area contributed by atoms with Gasteiger partial charge in [0, 0.05) is 30.0 Å². The van der Waals surface area contributed by atoms with Crippen molar-refractivity contribution in [2.75, 3.05) is 0 Å². The Bertz CT molecular complexity index is 2040. The average Bonchev–Trinajstić information content (AvgIpc) is 3.81. The highest BCUT2D eigenvalue weighted by Crippen LogP contribution is 2.43. The molecule has 1 saturated carbocycles. The summed E-state index contributed by atoms with van der Waals surface area (Å²) in [7, 11) is 0. The van der Waals surface area contributed by atoms with E-state index < -0.39 is 17.0 Å². The van der Waals surface area contributed by atoms with Crippen molar-refractivity contribution < 1.29 is 14.5 Å². The fraction of sp³-hybridized carbons (Fsp3) is 0.412. The van der Waals surface area contributed by atoms with Crippen molar-refractivity contribution in [1.82, 2.24) is 29.3 Å². The number of benzene rings is 2. The number of fused-ring (bicyclic) bond motifs is 1. The van der Waals surface area contributed by atoms with Gasteiger partial charge in [0.25, 0.3) is 5.56 Å². The topological polar surface area (TPSA) is 153 Å². The quantitative estimate of drug-likeness (QED) is 0.249. The molecular formula is C34H37N7O5. The second kappa shape index (κ2) is 11.5. The molecule has 1 aliphatic carbocycles. The number of aryl methyl sites for hydroxylation is 1. The summed E-state index contributed by atoms with van der Waals surface area (Å²) >= 11 is 0. The fourth-order valence-electron chi connectivity index (χ4n) is 6.88. The van der Waals surface area contributed by atoms with Crippen LogP contribution in [0.15, 0.2) is 74.1 Å². The number of oxime groups is 1. The molecule has 1 spiro atoms. The summed E-state index contributed by atoms with van der Waals surface area (Å²) in [5, 5.41) is 23.1. The molecule has 4 heterocycles. The second-order valence-electron chi connectivity index (χ2n) is 13.0. The van der Waals surface area contributed by atoms with Crippen LogP contribution in [0.25, 0.3) is 28.3 Å². The molecule has 0 unspecified atom stereocenters. The summed E-state index contributed by atoms with van der Waals surface area (Å²) in [5.41, 5.74) is 4.38. The van der Waals surface area contributed by atoms with Crippen LogP contribution < -0.4 is 11.3 Å². The van der Waals surface area contributed by atoms with E-state index in [4.69, 9.17) is 9.36 Å². The number of H-pyrrole nitrogens is 1. The summed E-state index contributed by atoms with van der Waals surface area (Å²) in [5.74, 6) is 0.331. The number of aromatic nitrogens is 6. The SMILES string of the molecule is CCCc1c(Cc2ccc(-c3ccccc3-c3noc(=O)[nH]3)cc2)c(=O)n(C2CCC3(CC2)CC(C(C)(C)O)=NO3)c2ncnn12. The Morgan fingerprint density at radius 2 is 1.80 bits per heavy atom. The molecular weight excluding hydrogens is 586 g/mol. The number of rotatable bonds is 8. The van der Waals surface area contributed by atoms with Crippen LogP contribution in [0.4, 0.5) is 0 Å². The number of nitrogens with zero attached hydrogens (tertiary/aromatic N) is 6. The lowest BCUT2D eigenvalue weighted by atomic mass is 9.77. The van der Waals surface area contributed by atoms with Crippen molar-refractivity contribution in [3.05, 3.63) is 92.6 Å². The van der Waals surface area contributed by atoms with Crippen LogP contribution in [0.5, 0.6) is 0 Å². The van der Waals surface area contributed by atoms with E-state index >= 15 is 0 Å². The fourth-order valence-corrected chi connectivity index (χ4v) is 6.88. The number of hydrogen-bond donors (Lipinski definition) is 2. The highest BCUT2D eigenvalue weighted by atomic mass is 16.7. The molecule has 7 rings (SSSR count). The lowest BCUT2D eigenvalue weighted by Gasteiger charge is -2.36. The van der Waals surface area contributed by atoms with Gasteiger partial charge in [-0.05, 0) is 62.6 Å². The number of aromatic amines is 1. The van der Waals surface area contributed by atoms with Gasteiger partial charge in [-0.2, -0.15) is 10.1 Å². The van der Waals surface area contributed by atoms with Crippen LogP contribution in [0.1, 0.15) is 82.2 Å².